The number of hydrogen-bond acceptors (Lipinski definition) is 1. The highest BCUT2D eigenvalue weighted by Gasteiger charge is 2.45. The van der Waals surface area contributed by atoms with Crippen LogP contribution in [0.5, 0.6) is 0 Å². The fourth-order valence-corrected chi connectivity index (χ4v) is 3.52. The molecule has 0 amide bonds. The van der Waals surface area contributed by atoms with E-state index in [9.17, 15) is 5.26 Å². The van der Waals surface area contributed by atoms with Crippen molar-refractivity contribution in [3.8, 4) is 6.07 Å². The fraction of sp³-hybridized carbons (Fsp3) is 0.267. The minimum Gasteiger partial charge on any atom is -0.192 e. The molecule has 1 nitrogen and oxygen atoms in total. The minimum absolute atomic E-state index is 0.450. The third-order valence-electron chi connectivity index (χ3n) is 4.31. The largest absolute Gasteiger partial charge is 0.192 e. The molecule has 0 aliphatic heterocycles. The highest BCUT2D eigenvalue weighted by atomic mass is 14.5. The summed E-state index contributed by atoms with van der Waals surface area (Å²) in [4.78, 5) is 0. The van der Waals surface area contributed by atoms with Crippen LogP contribution in [0.3, 0.4) is 0 Å². The van der Waals surface area contributed by atoms with Crippen LogP contribution in [0.15, 0.2) is 42.5 Å². The van der Waals surface area contributed by atoms with E-state index in [2.05, 4.69) is 36.4 Å². The molecule has 4 aliphatic carbocycles. The maximum atomic E-state index is 9.20. The molecule has 0 saturated carbocycles. The third-order valence-corrected chi connectivity index (χ3v) is 4.31. The molecule has 1 heteroatoms. The second-order valence-electron chi connectivity index (χ2n) is 4.90. The lowest BCUT2D eigenvalue weighted by molar-refractivity contribution is 0.316. The van der Waals surface area contributed by atoms with E-state index in [1.54, 1.807) is 0 Å². The second kappa shape index (κ2) is 2.65. The van der Waals surface area contributed by atoms with Crippen LogP contribution in [0.1, 0.15) is 28.5 Å². The first-order chi connectivity index (χ1) is 7.90. The monoisotopic (exact) mass is 205 g/mol. The molecular weight excluding hydrogens is 194 g/mol. The Labute approximate surface area is 94.7 Å². The van der Waals surface area contributed by atoms with Gasteiger partial charge in [0.05, 0.1) is 11.6 Å². The zero-order chi connectivity index (χ0) is 10.7. The molecule has 0 unspecified atom stereocenters. The van der Waals surface area contributed by atoms with Gasteiger partial charge in [-0.15, -0.1) is 0 Å². The molecule has 2 bridgehead atoms. The third kappa shape index (κ3) is 0.782. The van der Waals surface area contributed by atoms with Gasteiger partial charge in [0, 0.05) is 11.8 Å². The zero-order valence-corrected chi connectivity index (χ0v) is 8.80. The van der Waals surface area contributed by atoms with Gasteiger partial charge in [0.1, 0.15) is 0 Å². The minimum atomic E-state index is 0.450. The molecule has 0 aromatic heterocycles. The molecule has 0 heterocycles. The average molecular weight is 205 g/mol. The lowest BCUT2D eigenvalue weighted by atomic mass is 9.55. The molecule has 4 aliphatic rings. The Hall–Kier alpha value is -1.81. The van der Waals surface area contributed by atoms with Crippen molar-refractivity contribution in [2.24, 2.45) is 11.8 Å². The Morgan fingerprint density at radius 2 is 1.69 bits per heavy atom. The highest BCUT2D eigenvalue weighted by molar-refractivity contribution is 5.56. The van der Waals surface area contributed by atoms with Crippen molar-refractivity contribution >= 4 is 0 Å². The van der Waals surface area contributed by atoms with Crippen molar-refractivity contribution in [3.63, 3.8) is 0 Å². The summed E-state index contributed by atoms with van der Waals surface area (Å²) in [7, 11) is 0. The van der Waals surface area contributed by atoms with E-state index < -0.39 is 0 Å². The zero-order valence-electron chi connectivity index (χ0n) is 8.80. The van der Waals surface area contributed by atoms with Crippen LogP contribution < -0.4 is 0 Å². The van der Waals surface area contributed by atoms with Gasteiger partial charge < -0.3 is 0 Å². The summed E-state index contributed by atoms with van der Waals surface area (Å²) in [5.41, 5.74) is 3.55. The number of rotatable bonds is 0. The van der Waals surface area contributed by atoms with Crippen LogP contribution >= 0.6 is 0 Å². The Bertz CT molecular complexity index is 574. The molecule has 16 heavy (non-hydrogen) atoms. The molecule has 0 spiro atoms. The molecule has 76 valence electrons. The maximum Gasteiger partial charge on any atom is 0.0994 e. The highest BCUT2D eigenvalue weighted by Crippen LogP contribution is 2.57. The summed E-state index contributed by atoms with van der Waals surface area (Å²) in [5.74, 6) is 2.31. The first-order valence-electron chi connectivity index (χ1n) is 5.79. The van der Waals surface area contributed by atoms with Crippen LogP contribution in [-0.2, 0) is 0 Å². The van der Waals surface area contributed by atoms with Crippen molar-refractivity contribution < 1.29 is 0 Å². The van der Waals surface area contributed by atoms with Crippen LogP contribution in [0, 0.1) is 23.2 Å². The van der Waals surface area contributed by atoms with Crippen LogP contribution in [0.25, 0.3) is 0 Å². The molecule has 0 N–H and O–H groups in total. The Morgan fingerprint density at radius 1 is 0.938 bits per heavy atom. The van der Waals surface area contributed by atoms with Crippen molar-refractivity contribution in [2.45, 2.75) is 11.8 Å². The summed E-state index contributed by atoms with van der Waals surface area (Å²) in [6, 6.07) is 8.50. The van der Waals surface area contributed by atoms with Gasteiger partial charge in [0.25, 0.3) is 0 Å². The summed E-state index contributed by atoms with van der Waals surface area (Å²) < 4.78 is 0. The molecule has 0 saturated heterocycles. The van der Waals surface area contributed by atoms with Gasteiger partial charge in [0.2, 0.25) is 0 Å². The van der Waals surface area contributed by atoms with Crippen LogP contribution in [0.2, 0.25) is 0 Å². The van der Waals surface area contributed by atoms with Gasteiger partial charge in [-0.1, -0.05) is 36.4 Å². The molecule has 4 atom stereocenters. The average Bonchev–Trinajstić information content (AvgIpc) is 2.28. The maximum absolute atomic E-state index is 9.20. The predicted molar refractivity (Wildman–Crippen MR) is 61.9 cm³/mol. The number of allylic oxidation sites excluding steroid dienone is 4. The SMILES string of the molecule is N#Cc1cccc2c1[C@H]1C=C[C@H]2[C@@H]2C=C[C@H]21. The normalized spacial score (nSPS) is 36.2. The van der Waals surface area contributed by atoms with E-state index in [0.717, 1.165) is 5.56 Å². The van der Waals surface area contributed by atoms with Crippen molar-refractivity contribution in [3.05, 3.63) is 59.2 Å². The first-order valence-corrected chi connectivity index (χ1v) is 5.79. The summed E-state index contributed by atoms with van der Waals surface area (Å²) in [6.45, 7) is 0. The fourth-order valence-electron chi connectivity index (χ4n) is 3.52. The molecule has 5 rings (SSSR count). The second-order valence-corrected chi connectivity index (χ2v) is 4.90. The quantitative estimate of drug-likeness (QED) is 0.597. The van der Waals surface area contributed by atoms with E-state index in [1.165, 1.54) is 11.1 Å². The van der Waals surface area contributed by atoms with E-state index in [-0.39, 0.29) is 0 Å². The van der Waals surface area contributed by atoms with E-state index in [0.29, 0.717) is 23.7 Å². The predicted octanol–water partition coefficient (Wildman–Crippen LogP) is 3.11. The smallest absolute Gasteiger partial charge is 0.0994 e. The van der Waals surface area contributed by atoms with E-state index in [4.69, 9.17) is 0 Å². The van der Waals surface area contributed by atoms with E-state index in [1.807, 2.05) is 12.1 Å². The molecule has 1 aromatic carbocycles. The van der Waals surface area contributed by atoms with Gasteiger partial charge in [0.15, 0.2) is 0 Å². The van der Waals surface area contributed by atoms with Gasteiger partial charge in [-0.2, -0.15) is 5.26 Å². The lowest BCUT2D eigenvalue weighted by Crippen LogP contribution is -2.38. The Balaban J connectivity index is 2.02. The summed E-state index contributed by atoms with van der Waals surface area (Å²) >= 11 is 0. The first kappa shape index (κ1) is 8.35. The Kier molecular flexibility index (Phi) is 1.38. The summed E-state index contributed by atoms with van der Waals surface area (Å²) in [6.07, 6.45) is 9.27. The number of nitrogens with zero attached hydrogens (tertiary/aromatic N) is 1. The van der Waals surface area contributed by atoms with Gasteiger partial charge in [-0.05, 0) is 29.0 Å². The summed E-state index contributed by atoms with van der Waals surface area (Å²) in [5, 5.41) is 9.20. The molecule has 0 radical (unpaired) electrons. The van der Waals surface area contributed by atoms with E-state index >= 15 is 0 Å². The number of nitriles is 1. The van der Waals surface area contributed by atoms with Gasteiger partial charge >= 0.3 is 0 Å². The number of benzene rings is 1. The molecular formula is C15H11N. The standard InChI is InChI=1S/C15H11N/c16-8-9-2-1-3-13-11-6-7-14(15(9)13)12-5-4-10(11)12/h1-7,10-12,14H/t10-,11-,12+,14-/m0/s1. The van der Waals surface area contributed by atoms with Gasteiger partial charge in [-0.3, -0.25) is 0 Å². The van der Waals surface area contributed by atoms with Crippen molar-refractivity contribution in [1.82, 2.24) is 0 Å². The number of hydrogen-bond donors (Lipinski definition) is 0. The lowest BCUT2D eigenvalue weighted by Gasteiger charge is -2.48. The van der Waals surface area contributed by atoms with Crippen molar-refractivity contribution in [1.29, 1.82) is 5.26 Å². The molecule has 0 fully saturated rings. The van der Waals surface area contributed by atoms with Crippen LogP contribution in [-0.4, -0.2) is 0 Å². The van der Waals surface area contributed by atoms with Crippen LogP contribution in [0.4, 0.5) is 0 Å². The topological polar surface area (TPSA) is 23.8 Å². The van der Waals surface area contributed by atoms with Gasteiger partial charge in [-0.25, -0.2) is 0 Å². The Morgan fingerprint density at radius 3 is 2.44 bits per heavy atom. The molecule has 1 aromatic rings. The van der Waals surface area contributed by atoms with Crippen molar-refractivity contribution in [2.75, 3.05) is 0 Å².